The third kappa shape index (κ3) is 7.46. The van der Waals surface area contributed by atoms with Crippen molar-refractivity contribution in [2.24, 2.45) is 7.05 Å². The highest BCUT2D eigenvalue weighted by Gasteiger charge is 2.38. The Kier molecular flexibility index (Phi) is 10.1. The number of carbonyl (C=O) groups is 4. The average Bonchev–Trinajstić information content (AvgIpc) is 3.72. The minimum atomic E-state index is -1.17. The maximum Gasteiger partial charge on any atom is 0.330 e. The predicted octanol–water partition coefficient (Wildman–Crippen LogP) is 2.38. The molecule has 8 rings (SSSR count). The van der Waals surface area contributed by atoms with Gasteiger partial charge in [-0.2, -0.15) is 5.10 Å². The molecule has 3 fully saturated rings. The highest BCUT2D eigenvalue weighted by Crippen LogP contribution is 2.33. The zero-order valence-corrected chi connectivity index (χ0v) is 32.6. The Bertz CT molecular complexity index is 2550. The van der Waals surface area contributed by atoms with Gasteiger partial charge in [0, 0.05) is 63.5 Å². The lowest BCUT2D eigenvalue weighted by molar-refractivity contribution is -0.139. The number of ether oxygens (including phenoxy) is 1. The van der Waals surface area contributed by atoms with Crippen LogP contribution in [0.5, 0.6) is 5.75 Å². The number of nitrogens with zero attached hydrogens (tertiary/aromatic N) is 7. The topological polar surface area (TPSA) is 219 Å². The molecule has 4 N–H and O–H groups in total. The first kappa shape index (κ1) is 38.6. The number of aryl methyl sites for hydroxylation is 1. The molecule has 304 valence electrons. The van der Waals surface area contributed by atoms with Crippen LogP contribution >= 0.6 is 0 Å². The van der Waals surface area contributed by atoms with Crippen molar-refractivity contribution in [2.45, 2.75) is 82.6 Å². The van der Waals surface area contributed by atoms with Crippen molar-refractivity contribution < 1.29 is 29.0 Å². The molecular weight excluding hydrogens is 749 g/mol. The third-order valence-electron chi connectivity index (χ3n) is 11.5. The number of imidazole rings is 1. The molecule has 18 nitrogen and oxygen atoms in total. The van der Waals surface area contributed by atoms with E-state index in [9.17, 15) is 33.9 Å². The number of nitrogens with one attached hydrogen (secondary N) is 3. The van der Waals surface area contributed by atoms with Gasteiger partial charge in [-0.3, -0.25) is 43.1 Å². The fraction of sp³-hybridized carbons (Fsp3) is 0.450. The SMILES string of the molecule is CC(C)Oc1cc2nn(C3CCN(C(=O)CC4(O)CCN(c5cnc6c(c5)n(C)c(=O)n6C5CCC(=O)NC5=O)CC4)CC3)cc2cc1C(=O)Nc1ccc[nH]c1=O. The molecular formula is C40H46N10O8. The number of anilines is 2. The van der Waals surface area contributed by atoms with Crippen molar-refractivity contribution in [3.05, 3.63) is 75.3 Å². The monoisotopic (exact) mass is 794 g/mol. The zero-order chi connectivity index (χ0) is 40.9. The number of aliphatic hydroxyl groups is 1. The van der Waals surface area contributed by atoms with E-state index in [1.165, 1.54) is 21.4 Å². The molecule has 3 saturated heterocycles. The molecule has 18 heteroatoms. The molecule has 0 spiro atoms. The van der Waals surface area contributed by atoms with Crippen molar-refractivity contribution in [1.82, 2.24) is 39.1 Å². The van der Waals surface area contributed by atoms with E-state index in [4.69, 9.17) is 9.84 Å². The van der Waals surface area contributed by atoms with Gasteiger partial charge in [-0.15, -0.1) is 0 Å². The van der Waals surface area contributed by atoms with E-state index in [1.807, 2.05) is 30.8 Å². The van der Waals surface area contributed by atoms with Crippen LogP contribution in [0.1, 0.15) is 81.2 Å². The van der Waals surface area contributed by atoms with E-state index in [2.05, 4.69) is 25.5 Å². The maximum absolute atomic E-state index is 13.5. The third-order valence-corrected chi connectivity index (χ3v) is 11.5. The molecule has 5 aromatic rings. The molecule has 0 saturated carbocycles. The summed E-state index contributed by atoms with van der Waals surface area (Å²) in [5.74, 6) is -1.11. The predicted molar refractivity (Wildman–Crippen MR) is 213 cm³/mol. The number of fused-ring (bicyclic) bond motifs is 2. The second-order valence-electron chi connectivity index (χ2n) is 15.8. The maximum atomic E-state index is 13.5. The number of amides is 4. The number of hydrogen-bond acceptors (Lipinski definition) is 11. The number of likely N-dealkylation sites (tertiary alicyclic amines) is 1. The van der Waals surface area contributed by atoms with Crippen molar-refractivity contribution in [1.29, 1.82) is 0 Å². The van der Waals surface area contributed by atoms with Gasteiger partial charge < -0.3 is 29.9 Å². The Labute approximate surface area is 331 Å². The summed E-state index contributed by atoms with van der Waals surface area (Å²) in [5.41, 5.74) is 0.749. The van der Waals surface area contributed by atoms with Crippen LogP contribution in [0.2, 0.25) is 0 Å². The molecule has 58 heavy (non-hydrogen) atoms. The molecule has 0 radical (unpaired) electrons. The Morgan fingerprint density at radius 3 is 2.52 bits per heavy atom. The molecule has 4 amide bonds. The number of imide groups is 1. The second kappa shape index (κ2) is 15.2. The van der Waals surface area contributed by atoms with Gasteiger partial charge in [-0.1, -0.05) is 0 Å². The molecule has 4 aromatic heterocycles. The summed E-state index contributed by atoms with van der Waals surface area (Å²) < 4.78 is 10.7. The molecule has 7 heterocycles. The van der Waals surface area contributed by atoms with E-state index < -0.39 is 34.7 Å². The summed E-state index contributed by atoms with van der Waals surface area (Å²) in [4.78, 5) is 87.5. The molecule has 1 unspecified atom stereocenters. The van der Waals surface area contributed by atoms with Gasteiger partial charge in [-0.25, -0.2) is 9.78 Å². The molecule has 0 aliphatic carbocycles. The van der Waals surface area contributed by atoms with Gasteiger partial charge >= 0.3 is 5.69 Å². The zero-order valence-electron chi connectivity index (χ0n) is 32.6. The lowest BCUT2D eigenvalue weighted by Gasteiger charge is -2.40. The molecule has 0 bridgehead atoms. The number of aromatic nitrogens is 6. The first-order valence-electron chi connectivity index (χ1n) is 19.6. The smallest absolute Gasteiger partial charge is 0.330 e. The Hall–Kier alpha value is -6.30. The first-order chi connectivity index (χ1) is 27.8. The summed E-state index contributed by atoms with van der Waals surface area (Å²) >= 11 is 0. The number of hydrogen-bond donors (Lipinski definition) is 4. The van der Waals surface area contributed by atoms with E-state index in [-0.39, 0.29) is 54.5 Å². The molecule has 3 aliphatic rings. The Morgan fingerprint density at radius 2 is 1.81 bits per heavy atom. The van der Waals surface area contributed by atoms with E-state index in [0.717, 1.165) is 11.1 Å². The van der Waals surface area contributed by atoms with Gasteiger partial charge in [0.15, 0.2) is 5.65 Å². The van der Waals surface area contributed by atoms with Gasteiger partial charge in [-0.05, 0) is 70.2 Å². The second-order valence-corrected chi connectivity index (χ2v) is 15.8. The molecule has 1 aromatic carbocycles. The summed E-state index contributed by atoms with van der Waals surface area (Å²) in [6, 6.07) is 7.64. The van der Waals surface area contributed by atoms with Crippen LogP contribution in [0.4, 0.5) is 11.4 Å². The summed E-state index contributed by atoms with van der Waals surface area (Å²) in [7, 11) is 1.62. The minimum absolute atomic E-state index is 0.00999. The van der Waals surface area contributed by atoms with Crippen LogP contribution in [0, 0.1) is 0 Å². The van der Waals surface area contributed by atoms with Crippen LogP contribution < -0.4 is 31.5 Å². The van der Waals surface area contributed by atoms with Crippen molar-refractivity contribution in [2.75, 3.05) is 36.4 Å². The summed E-state index contributed by atoms with van der Waals surface area (Å²) in [5, 5.41) is 22.1. The van der Waals surface area contributed by atoms with Crippen molar-refractivity contribution >= 4 is 57.1 Å². The van der Waals surface area contributed by atoms with Gasteiger partial charge in [0.05, 0.1) is 52.6 Å². The number of H-pyrrole nitrogens is 1. The number of aromatic amines is 1. The number of rotatable bonds is 9. The van der Waals surface area contributed by atoms with Crippen LogP contribution in [0.25, 0.3) is 22.1 Å². The minimum Gasteiger partial charge on any atom is -0.490 e. The van der Waals surface area contributed by atoms with Crippen LogP contribution in [0.3, 0.4) is 0 Å². The van der Waals surface area contributed by atoms with Gasteiger partial charge in [0.1, 0.15) is 17.5 Å². The lowest BCUT2D eigenvalue weighted by Crippen LogP contribution is -2.48. The number of piperidine rings is 3. The average molecular weight is 795 g/mol. The largest absolute Gasteiger partial charge is 0.490 e. The highest BCUT2D eigenvalue weighted by molar-refractivity contribution is 6.08. The molecule has 3 aliphatic heterocycles. The first-order valence-corrected chi connectivity index (χ1v) is 19.6. The van der Waals surface area contributed by atoms with Gasteiger partial charge in [0.25, 0.3) is 11.5 Å². The van der Waals surface area contributed by atoms with Gasteiger partial charge in [0.2, 0.25) is 17.7 Å². The summed E-state index contributed by atoms with van der Waals surface area (Å²) in [6.45, 7) is 5.69. The summed E-state index contributed by atoms with van der Waals surface area (Å²) in [6.07, 6.45) is 7.25. The normalized spacial score (nSPS) is 18.9. The molecule has 1 atom stereocenters. The Morgan fingerprint density at radius 1 is 1.05 bits per heavy atom. The van der Waals surface area contributed by atoms with E-state index >= 15 is 0 Å². The van der Waals surface area contributed by atoms with E-state index in [0.29, 0.717) is 74.3 Å². The Balaban J connectivity index is 0.883. The van der Waals surface area contributed by atoms with Crippen LogP contribution in [0.15, 0.2) is 58.5 Å². The van der Waals surface area contributed by atoms with Crippen molar-refractivity contribution in [3.63, 3.8) is 0 Å². The fourth-order valence-electron chi connectivity index (χ4n) is 8.23. The lowest BCUT2D eigenvalue weighted by atomic mass is 9.87. The standard InChI is InChI=1S/C40H46N10O8/c1-23(2)58-32-19-29-24(17-27(32)36(53)43-28-5-4-12-41-37(28)54)22-49(45-29)25-8-13-48(14-9-25)34(52)20-40(57)10-15-47(16-11-40)26-18-31-35(42-21-26)50(39(56)46(31)3)30-6-7-33(51)44-38(30)55/h4-5,12,17-19,21-23,25,30,57H,6-11,13-16,20H2,1-3H3,(H,41,54)(H,43,53)(H,44,51,55). The fourth-order valence-corrected chi connectivity index (χ4v) is 8.23. The van der Waals surface area contributed by atoms with Crippen molar-refractivity contribution in [3.8, 4) is 5.75 Å². The number of carbonyl (C=O) groups excluding carboxylic acids is 4. The quantitative estimate of drug-likeness (QED) is 0.159. The number of benzene rings is 1. The van der Waals surface area contributed by atoms with Crippen LogP contribution in [-0.2, 0) is 21.4 Å². The number of pyridine rings is 2. The van der Waals surface area contributed by atoms with Crippen LogP contribution in [-0.4, -0.2) is 100 Å². The highest BCUT2D eigenvalue weighted by atomic mass is 16.5. The van der Waals surface area contributed by atoms with E-state index in [1.54, 1.807) is 36.3 Å².